The molecule has 0 saturated carbocycles. The maximum Gasteiger partial charge on any atom is 0.331 e. The van der Waals surface area contributed by atoms with E-state index in [2.05, 4.69) is 15.9 Å². The van der Waals surface area contributed by atoms with Crippen molar-refractivity contribution in [1.29, 1.82) is 0 Å². The van der Waals surface area contributed by atoms with Crippen LogP contribution < -0.4 is 0 Å². The van der Waals surface area contributed by atoms with E-state index >= 15 is 0 Å². The molecule has 0 atom stereocenters. The summed E-state index contributed by atoms with van der Waals surface area (Å²) in [4.78, 5) is 23.8. The number of furan rings is 1. The zero-order valence-electron chi connectivity index (χ0n) is 13.2. The lowest BCUT2D eigenvalue weighted by molar-refractivity contribution is -0.136. The molecule has 4 nitrogen and oxygen atoms in total. The van der Waals surface area contributed by atoms with E-state index in [1.165, 1.54) is 12.2 Å². The third-order valence-corrected chi connectivity index (χ3v) is 3.89. The predicted molar refractivity (Wildman–Crippen MR) is 91.4 cm³/mol. The summed E-state index contributed by atoms with van der Waals surface area (Å²) in [5.41, 5.74) is 3.63. The minimum atomic E-state index is -0.590. The van der Waals surface area contributed by atoms with E-state index in [-0.39, 0.29) is 12.4 Å². The lowest BCUT2D eigenvalue weighted by Gasteiger charge is -2.09. The molecule has 120 valence electrons. The Morgan fingerprint density at radius 3 is 2.48 bits per heavy atom. The Kier molecular flexibility index (Phi) is 5.55. The van der Waals surface area contributed by atoms with Gasteiger partial charge >= 0.3 is 5.97 Å². The molecular formula is C18H17BrO4. The number of hydrogen-bond donors (Lipinski definition) is 0. The standard InChI is InChI=1S/C18H17BrO4/c1-11-8-13(3)15(9-12(11)2)16(20)10-22-18(21)7-5-14-4-6-17(19)23-14/h4-9H,10H2,1-3H3/b7-5+. The molecule has 1 aromatic carbocycles. The van der Waals surface area contributed by atoms with Crippen molar-refractivity contribution in [3.05, 3.63) is 63.0 Å². The first-order chi connectivity index (χ1) is 10.9. The molecule has 0 bridgehead atoms. The second-order valence-corrected chi connectivity index (χ2v) is 6.04. The van der Waals surface area contributed by atoms with Crippen molar-refractivity contribution in [3.8, 4) is 0 Å². The van der Waals surface area contributed by atoms with E-state index in [1.54, 1.807) is 12.1 Å². The van der Waals surface area contributed by atoms with Crippen LogP contribution in [0.4, 0.5) is 0 Å². The number of aryl methyl sites for hydroxylation is 3. The van der Waals surface area contributed by atoms with Crippen LogP contribution in [-0.4, -0.2) is 18.4 Å². The highest BCUT2D eigenvalue weighted by atomic mass is 79.9. The lowest BCUT2D eigenvalue weighted by Crippen LogP contribution is -2.14. The monoisotopic (exact) mass is 376 g/mol. The SMILES string of the molecule is Cc1cc(C)c(C(=O)COC(=O)/C=C/c2ccc(Br)o2)cc1C. The number of halogens is 1. The number of Topliss-reactive ketones (excluding diaryl/α,β-unsaturated/α-hetero) is 1. The van der Waals surface area contributed by atoms with Crippen LogP contribution in [0, 0.1) is 20.8 Å². The van der Waals surface area contributed by atoms with Gasteiger partial charge in [-0.1, -0.05) is 6.07 Å². The highest BCUT2D eigenvalue weighted by Gasteiger charge is 2.12. The van der Waals surface area contributed by atoms with E-state index in [1.807, 2.05) is 32.9 Å². The molecule has 0 fully saturated rings. The Bertz CT molecular complexity index is 771. The second kappa shape index (κ2) is 7.42. The molecule has 0 aliphatic heterocycles. The molecule has 0 spiro atoms. The average molecular weight is 377 g/mol. The molecule has 1 heterocycles. The number of carbonyl (C=O) groups excluding carboxylic acids is 2. The first-order valence-corrected chi connectivity index (χ1v) is 7.87. The fourth-order valence-electron chi connectivity index (χ4n) is 2.09. The van der Waals surface area contributed by atoms with Gasteiger partial charge < -0.3 is 9.15 Å². The molecule has 0 N–H and O–H groups in total. The lowest BCUT2D eigenvalue weighted by atomic mass is 9.98. The molecule has 23 heavy (non-hydrogen) atoms. The summed E-state index contributed by atoms with van der Waals surface area (Å²) in [6.07, 6.45) is 2.71. The Hall–Kier alpha value is -2.14. The molecule has 2 rings (SSSR count). The third-order valence-electron chi connectivity index (χ3n) is 3.46. The molecule has 0 aliphatic rings. The maximum absolute atomic E-state index is 12.2. The van der Waals surface area contributed by atoms with Crippen LogP contribution in [0.15, 0.2) is 39.4 Å². The molecule has 5 heteroatoms. The van der Waals surface area contributed by atoms with Crippen molar-refractivity contribution in [2.24, 2.45) is 0 Å². The summed E-state index contributed by atoms with van der Waals surface area (Å²) < 4.78 is 10.8. The van der Waals surface area contributed by atoms with Gasteiger partial charge in [0.05, 0.1) is 0 Å². The molecule has 0 saturated heterocycles. The molecule has 2 aromatic rings. The Morgan fingerprint density at radius 2 is 1.83 bits per heavy atom. The number of ether oxygens (including phenoxy) is 1. The summed E-state index contributed by atoms with van der Waals surface area (Å²) in [7, 11) is 0. The van der Waals surface area contributed by atoms with Crippen LogP contribution >= 0.6 is 15.9 Å². The molecule has 1 aromatic heterocycles. The van der Waals surface area contributed by atoms with Gasteiger partial charge in [0.2, 0.25) is 5.78 Å². The molecule has 0 unspecified atom stereocenters. The van der Waals surface area contributed by atoms with Crippen LogP contribution in [0.1, 0.15) is 32.8 Å². The van der Waals surface area contributed by atoms with E-state index in [4.69, 9.17) is 9.15 Å². The molecule has 0 radical (unpaired) electrons. The first-order valence-electron chi connectivity index (χ1n) is 7.08. The summed E-state index contributed by atoms with van der Waals surface area (Å²) in [6, 6.07) is 7.21. The Morgan fingerprint density at radius 1 is 1.13 bits per heavy atom. The van der Waals surface area contributed by atoms with Crippen LogP contribution in [0.5, 0.6) is 0 Å². The van der Waals surface area contributed by atoms with E-state index in [9.17, 15) is 9.59 Å². The second-order valence-electron chi connectivity index (χ2n) is 5.26. The first kappa shape index (κ1) is 17.2. The molecular weight excluding hydrogens is 360 g/mol. The van der Waals surface area contributed by atoms with Gasteiger partial charge in [0.15, 0.2) is 11.3 Å². The van der Waals surface area contributed by atoms with Crippen LogP contribution in [0.25, 0.3) is 6.08 Å². The van der Waals surface area contributed by atoms with E-state index < -0.39 is 5.97 Å². The number of esters is 1. The van der Waals surface area contributed by atoms with Crippen molar-refractivity contribution in [3.63, 3.8) is 0 Å². The number of hydrogen-bond acceptors (Lipinski definition) is 4. The van der Waals surface area contributed by atoms with Crippen molar-refractivity contribution < 1.29 is 18.7 Å². The van der Waals surface area contributed by atoms with Gasteiger partial charge in [0.25, 0.3) is 0 Å². The fourth-order valence-corrected chi connectivity index (χ4v) is 2.41. The van der Waals surface area contributed by atoms with Crippen molar-refractivity contribution in [2.45, 2.75) is 20.8 Å². The normalized spacial score (nSPS) is 11.0. The molecule has 0 aliphatic carbocycles. The molecule has 0 amide bonds. The van der Waals surface area contributed by atoms with Gasteiger partial charge in [0.1, 0.15) is 5.76 Å². The highest BCUT2D eigenvalue weighted by molar-refractivity contribution is 9.10. The van der Waals surface area contributed by atoms with Gasteiger partial charge in [-0.3, -0.25) is 4.79 Å². The number of ketones is 1. The Balaban J connectivity index is 1.95. The zero-order valence-corrected chi connectivity index (χ0v) is 14.8. The number of rotatable bonds is 5. The summed E-state index contributed by atoms with van der Waals surface area (Å²) in [6.45, 7) is 5.53. The largest absolute Gasteiger partial charge is 0.454 e. The fraction of sp³-hybridized carbons (Fsp3) is 0.222. The minimum Gasteiger partial charge on any atom is -0.454 e. The number of benzene rings is 1. The number of carbonyl (C=O) groups is 2. The van der Waals surface area contributed by atoms with Gasteiger partial charge in [-0.15, -0.1) is 0 Å². The summed E-state index contributed by atoms with van der Waals surface area (Å²) in [5.74, 6) is -0.286. The van der Waals surface area contributed by atoms with E-state index in [0.29, 0.717) is 16.0 Å². The third kappa shape index (κ3) is 4.66. The highest BCUT2D eigenvalue weighted by Crippen LogP contribution is 2.17. The van der Waals surface area contributed by atoms with Crippen molar-refractivity contribution in [1.82, 2.24) is 0 Å². The van der Waals surface area contributed by atoms with Crippen LogP contribution in [0.2, 0.25) is 0 Å². The summed E-state index contributed by atoms with van der Waals surface area (Å²) >= 11 is 3.17. The zero-order chi connectivity index (χ0) is 17.0. The van der Waals surface area contributed by atoms with Gasteiger partial charge in [-0.25, -0.2) is 4.79 Å². The van der Waals surface area contributed by atoms with Gasteiger partial charge in [0, 0.05) is 11.6 Å². The average Bonchev–Trinajstić information content (AvgIpc) is 2.92. The van der Waals surface area contributed by atoms with Gasteiger partial charge in [-0.2, -0.15) is 0 Å². The Labute approximate surface area is 143 Å². The minimum absolute atomic E-state index is 0.215. The topological polar surface area (TPSA) is 56.5 Å². The van der Waals surface area contributed by atoms with Crippen LogP contribution in [-0.2, 0) is 9.53 Å². The van der Waals surface area contributed by atoms with Crippen molar-refractivity contribution >= 4 is 33.8 Å². The van der Waals surface area contributed by atoms with Gasteiger partial charge in [-0.05, 0) is 77.7 Å². The quantitative estimate of drug-likeness (QED) is 0.440. The predicted octanol–water partition coefficient (Wildman–Crippen LogP) is 4.41. The van der Waals surface area contributed by atoms with Crippen molar-refractivity contribution in [2.75, 3.05) is 6.61 Å². The maximum atomic E-state index is 12.2. The van der Waals surface area contributed by atoms with E-state index in [0.717, 1.165) is 16.7 Å². The smallest absolute Gasteiger partial charge is 0.331 e. The summed E-state index contributed by atoms with van der Waals surface area (Å²) in [5, 5.41) is 0. The van der Waals surface area contributed by atoms with Crippen LogP contribution in [0.3, 0.4) is 0 Å².